The Kier molecular flexibility index (Phi) is 14.0. The molecule has 4 heterocycles. The van der Waals surface area contributed by atoms with Gasteiger partial charge < -0.3 is 21.3 Å². The summed E-state index contributed by atoms with van der Waals surface area (Å²) in [4.78, 5) is 50.8. The molecule has 0 saturated carbocycles. The number of hydrogen-bond acceptors (Lipinski definition) is 8. The molecular weight excluding hydrogens is 705 g/mol. The van der Waals surface area contributed by atoms with Crippen molar-refractivity contribution in [2.45, 2.75) is 154 Å². The Balaban J connectivity index is 0.000000223. The van der Waals surface area contributed by atoms with Crippen molar-refractivity contribution in [2.75, 3.05) is 26.2 Å². The Labute approximate surface area is 335 Å². The van der Waals surface area contributed by atoms with Crippen LogP contribution in [0.3, 0.4) is 0 Å². The molecule has 0 atom stereocenters. The van der Waals surface area contributed by atoms with Crippen molar-refractivity contribution in [3.63, 3.8) is 0 Å². The first kappa shape index (κ1) is 43.3. The molecule has 0 aliphatic carbocycles. The lowest BCUT2D eigenvalue weighted by Gasteiger charge is -2.46. The Bertz CT molecular complexity index is 1550. The van der Waals surface area contributed by atoms with E-state index < -0.39 is 0 Å². The first-order valence-electron chi connectivity index (χ1n) is 20.8. The number of amides is 4. The fourth-order valence-corrected chi connectivity index (χ4v) is 9.42. The van der Waals surface area contributed by atoms with Crippen molar-refractivity contribution in [1.82, 2.24) is 42.1 Å². The summed E-state index contributed by atoms with van der Waals surface area (Å²) in [6, 6.07) is 14.1. The standard InChI is InChI=1S/C26H42N4O2.C18H26N4O2/c1-23(2)13-19(14-24(3,4)29-23)27-21(31)17-10-9-11-18(12-17)22(32)28-20-15-25(5,6)30-26(7,8)16-20;23-17(19-21-10-3-1-4-11-21)15-8-7-9-16(14-15)18(24)20-22-12-5-2-6-13-22/h9-12,19-20,29-30H,13-16H2,1-8H3,(H,27,31)(H,28,32);7-9,14H,1-6,10-13H2,(H,19,23)(H,20,24). The zero-order valence-electron chi connectivity index (χ0n) is 35.2. The van der Waals surface area contributed by atoms with Gasteiger partial charge in [0.05, 0.1) is 0 Å². The molecule has 4 aliphatic heterocycles. The normalized spacial score (nSPS) is 22.4. The molecule has 6 N–H and O–H groups in total. The average Bonchev–Trinajstić information content (AvgIpc) is 3.10. The van der Waals surface area contributed by atoms with E-state index in [4.69, 9.17) is 0 Å². The summed E-state index contributed by atoms with van der Waals surface area (Å²) in [6.45, 7) is 20.9. The number of nitrogens with zero attached hydrogens (tertiary/aromatic N) is 2. The Hall–Kier alpha value is -3.84. The number of carbonyl (C=O) groups is 4. The third kappa shape index (κ3) is 13.1. The van der Waals surface area contributed by atoms with Crippen LogP contribution in [-0.2, 0) is 0 Å². The van der Waals surface area contributed by atoms with Crippen LogP contribution in [0.15, 0.2) is 48.5 Å². The molecule has 0 radical (unpaired) electrons. The molecule has 4 saturated heterocycles. The van der Waals surface area contributed by atoms with Crippen LogP contribution in [0.1, 0.15) is 161 Å². The second-order valence-electron chi connectivity index (χ2n) is 19.1. The van der Waals surface area contributed by atoms with Gasteiger partial charge in [0.25, 0.3) is 23.6 Å². The third-order valence-electron chi connectivity index (χ3n) is 11.1. The van der Waals surface area contributed by atoms with E-state index >= 15 is 0 Å². The number of piperidine rings is 4. The maximum Gasteiger partial charge on any atom is 0.265 e. The van der Waals surface area contributed by atoms with Crippen LogP contribution in [0, 0.1) is 0 Å². The monoisotopic (exact) mass is 773 g/mol. The lowest BCUT2D eigenvalue weighted by Crippen LogP contribution is -2.62. The highest BCUT2D eigenvalue weighted by Gasteiger charge is 2.39. The van der Waals surface area contributed by atoms with Crippen molar-refractivity contribution in [3.05, 3.63) is 70.8 Å². The van der Waals surface area contributed by atoms with Crippen molar-refractivity contribution < 1.29 is 19.2 Å². The van der Waals surface area contributed by atoms with Crippen LogP contribution >= 0.6 is 0 Å². The van der Waals surface area contributed by atoms with Gasteiger partial charge in [-0.05, 0) is 143 Å². The molecule has 4 amide bonds. The zero-order chi connectivity index (χ0) is 40.7. The molecule has 2 aromatic carbocycles. The number of benzene rings is 2. The van der Waals surface area contributed by atoms with Gasteiger partial charge in [-0.2, -0.15) is 0 Å². The maximum atomic E-state index is 13.0. The summed E-state index contributed by atoms with van der Waals surface area (Å²) < 4.78 is 0. The summed E-state index contributed by atoms with van der Waals surface area (Å²) in [7, 11) is 0. The van der Waals surface area contributed by atoms with E-state index in [9.17, 15) is 19.2 Å². The van der Waals surface area contributed by atoms with E-state index in [0.717, 1.165) is 77.5 Å². The third-order valence-corrected chi connectivity index (χ3v) is 11.1. The van der Waals surface area contributed by atoms with Crippen molar-refractivity contribution in [3.8, 4) is 0 Å². The van der Waals surface area contributed by atoms with Crippen LogP contribution in [0.2, 0.25) is 0 Å². The van der Waals surface area contributed by atoms with E-state index in [2.05, 4.69) is 87.5 Å². The van der Waals surface area contributed by atoms with Gasteiger partial charge >= 0.3 is 0 Å². The van der Waals surface area contributed by atoms with E-state index in [-0.39, 0.29) is 57.9 Å². The van der Waals surface area contributed by atoms with Gasteiger partial charge in [0.15, 0.2) is 0 Å². The largest absolute Gasteiger partial charge is 0.349 e. The molecule has 0 spiro atoms. The topological polar surface area (TPSA) is 147 Å². The molecule has 308 valence electrons. The molecule has 12 nitrogen and oxygen atoms in total. The molecule has 0 unspecified atom stereocenters. The van der Waals surface area contributed by atoms with Gasteiger partial charge in [0.2, 0.25) is 0 Å². The smallest absolute Gasteiger partial charge is 0.265 e. The molecule has 12 heteroatoms. The number of carbonyl (C=O) groups excluding carboxylic acids is 4. The lowest BCUT2D eigenvalue weighted by molar-refractivity contribution is 0.0746. The lowest BCUT2D eigenvalue weighted by atomic mass is 9.79. The Morgan fingerprint density at radius 2 is 0.768 bits per heavy atom. The molecule has 0 aromatic heterocycles. The van der Waals surface area contributed by atoms with Crippen LogP contribution < -0.4 is 32.1 Å². The minimum Gasteiger partial charge on any atom is -0.349 e. The van der Waals surface area contributed by atoms with Crippen LogP contribution in [-0.4, -0.2) is 94.1 Å². The molecule has 4 aliphatic rings. The molecule has 2 aromatic rings. The summed E-state index contributed by atoms with van der Waals surface area (Å²) in [6.07, 6.45) is 10.3. The zero-order valence-corrected chi connectivity index (χ0v) is 35.2. The second-order valence-corrected chi connectivity index (χ2v) is 19.1. The minimum absolute atomic E-state index is 0.0438. The number of rotatable bonds is 8. The predicted octanol–water partition coefficient (Wildman–Crippen LogP) is 5.71. The minimum atomic E-state index is -0.149. The van der Waals surface area contributed by atoms with Crippen molar-refractivity contribution in [1.29, 1.82) is 0 Å². The highest BCUT2D eigenvalue weighted by molar-refractivity contribution is 6.00. The van der Waals surface area contributed by atoms with Crippen molar-refractivity contribution in [2.24, 2.45) is 0 Å². The molecular formula is C44H68N8O4. The van der Waals surface area contributed by atoms with Gasteiger partial charge in [-0.1, -0.05) is 25.0 Å². The maximum absolute atomic E-state index is 13.0. The Morgan fingerprint density at radius 3 is 1.07 bits per heavy atom. The van der Waals surface area contributed by atoms with Crippen LogP contribution in [0.4, 0.5) is 0 Å². The van der Waals surface area contributed by atoms with Gasteiger partial charge in [-0.15, -0.1) is 0 Å². The fraction of sp³-hybridized carbons (Fsp3) is 0.636. The van der Waals surface area contributed by atoms with Gasteiger partial charge in [0, 0.05) is 82.7 Å². The van der Waals surface area contributed by atoms with E-state index in [1.807, 2.05) is 10.0 Å². The summed E-state index contributed by atoms with van der Waals surface area (Å²) in [5, 5.41) is 17.6. The fourth-order valence-electron chi connectivity index (χ4n) is 9.42. The summed E-state index contributed by atoms with van der Waals surface area (Å²) in [5.74, 6) is -0.543. The summed E-state index contributed by atoms with van der Waals surface area (Å²) >= 11 is 0. The molecule has 56 heavy (non-hydrogen) atoms. The molecule has 0 bridgehead atoms. The SMILES string of the molecule is CC1(C)CC(NC(=O)c2cccc(C(=O)NC3CC(C)(C)NC(C)(C)C3)c2)CC(C)(C)N1.O=C(NN1CCCCC1)c1cccc(C(=O)NN2CCCCC2)c1. The average molecular weight is 773 g/mol. The highest BCUT2D eigenvalue weighted by Crippen LogP contribution is 2.30. The van der Waals surface area contributed by atoms with Gasteiger partial charge in [-0.25, -0.2) is 10.0 Å². The van der Waals surface area contributed by atoms with Gasteiger partial charge in [-0.3, -0.25) is 30.0 Å². The second kappa shape index (κ2) is 18.2. The van der Waals surface area contributed by atoms with E-state index in [0.29, 0.717) is 22.3 Å². The van der Waals surface area contributed by atoms with Crippen LogP contribution in [0.25, 0.3) is 0 Å². The number of nitrogens with one attached hydrogen (secondary N) is 6. The summed E-state index contributed by atoms with van der Waals surface area (Å²) in [5.41, 5.74) is 7.79. The van der Waals surface area contributed by atoms with Crippen LogP contribution in [0.5, 0.6) is 0 Å². The molecule has 6 rings (SSSR count). The van der Waals surface area contributed by atoms with Gasteiger partial charge in [0.1, 0.15) is 0 Å². The van der Waals surface area contributed by atoms with E-state index in [1.54, 1.807) is 48.5 Å². The molecule has 4 fully saturated rings. The van der Waals surface area contributed by atoms with Crippen molar-refractivity contribution >= 4 is 23.6 Å². The highest BCUT2D eigenvalue weighted by atomic mass is 16.2. The first-order chi connectivity index (χ1) is 26.3. The van der Waals surface area contributed by atoms with E-state index in [1.165, 1.54) is 12.8 Å². The predicted molar refractivity (Wildman–Crippen MR) is 222 cm³/mol. The first-order valence-corrected chi connectivity index (χ1v) is 20.8. The number of hydrogen-bond donors (Lipinski definition) is 6. The number of hydrazine groups is 2. The Morgan fingerprint density at radius 1 is 0.482 bits per heavy atom. The quantitative estimate of drug-likeness (QED) is 0.200.